The number of fused-ring (bicyclic) bond motifs is 1. The summed E-state index contributed by atoms with van der Waals surface area (Å²) in [6.45, 7) is 0. The van der Waals surface area contributed by atoms with Gasteiger partial charge in [-0.25, -0.2) is 12.7 Å². The van der Waals surface area contributed by atoms with E-state index in [4.69, 9.17) is 5.73 Å². The largest absolute Gasteiger partial charge is 0.323 e. The third kappa shape index (κ3) is 2.74. The molecule has 0 bridgehead atoms. The molecule has 0 fully saturated rings. The second-order valence-electron chi connectivity index (χ2n) is 5.05. The molecule has 0 saturated heterocycles. The van der Waals surface area contributed by atoms with Gasteiger partial charge in [0.1, 0.15) is 0 Å². The summed E-state index contributed by atoms with van der Waals surface area (Å²) in [5, 5.41) is 0. The Morgan fingerprint density at radius 3 is 2.61 bits per heavy atom. The molecule has 5 heteroatoms. The fourth-order valence-electron chi connectivity index (χ4n) is 2.29. The molecule has 18 heavy (non-hydrogen) atoms. The lowest BCUT2D eigenvalue weighted by Crippen LogP contribution is -2.31. The van der Waals surface area contributed by atoms with Gasteiger partial charge in [-0.1, -0.05) is 18.2 Å². The SMILES string of the molecule is CN(C)S(=O)(=O)CC(N)c1ccc2c(c1)CCC2. The molecular formula is C13H20N2O2S. The molecule has 1 aliphatic carbocycles. The molecule has 4 nitrogen and oxygen atoms in total. The Hall–Kier alpha value is -0.910. The summed E-state index contributed by atoms with van der Waals surface area (Å²) < 4.78 is 24.8. The Balaban J connectivity index is 2.17. The first-order valence-electron chi connectivity index (χ1n) is 6.17. The van der Waals surface area contributed by atoms with E-state index in [1.807, 2.05) is 6.07 Å². The first-order valence-corrected chi connectivity index (χ1v) is 7.78. The second kappa shape index (κ2) is 4.99. The molecule has 0 aliphatic heterocycles. The molecular weight excluding hydrogens is 248 g/mol. The summed E-state index contributed by atoms with van der Waals surface area (Å²) in [5.74, 6) is -0.0429. The van der Waals surface area contributed by atoms with E-state index in [0.29, 0.717) is 0 Å². The number of nitrogens with two attached hydrogens (primary N) is 1. The van der Waals surface area contributed by atoms with Crippen LogP contribution in [-0.4, -0.2) is 32.6 Å². The average molecular weight is 268 g/mol. The van der Waals surface area contributed by atoms with Crippen LogP contribution in [-0.2, 0) is 22.9 Å². The number of nitrogens with zero attached hydrogens (tertiary/aromatic N) is 1. The molecule has 0 heterocycles. The number of hydrogen-bond acceptors (Lipinski definition) is 3. The minimum absolute atomic E-state index is 0.0429. The van der Waals surface area contributed by atoms with E-state index < -0.39 is 16.1 Å². The van der Waals surface area contributed by atoms with Gasteiger partial charge in [-0.3, -0.25) is 0 Å². The Bertz CT molecular complexity index is 538. The van der Waals surface area contributed by atoms with E-state index in [-0.39, 0.29) is 5.75 Å². The van der Waals surface area contributed by atoms with Crippen molar-refractivity contribution in [2.75, 3.05) is 19.8 Å². The highest BCUT2D eigenvalue weighted by Crippen LogP contribution is 2.25. The molecule has 1 atom stereocenters. The molecule has 0 radical (unpaired) electrons. The quantitative estimate of drug-likeness (QED) is 0.888. The van der Waals surface area contributed by atoms with Crippen molar-refractivity contribution in [2.24, 2.45) is 5.73 Å². The highest BCUT2D eigenvalue weighted by molar-refractivity contribution is 7.89. The van der Waals surface area contributed by atoms with E-state index in [1.54, 1.807) is 0 Å². The van der Waals surface area contributed by atoms with Crippen LogP contribution in [0.4, 0.5) is 0 Å². The van der Waals surface area contributed by atoms with Crippen LogP contribution in [0, 0.1) is 0 Å². The van der Waals surface area contributed by atoms with Gasteiger partial charge >= 0.3 is 0 Å². The van der Waals surface area contributed by atoms with Gasteiger partial charge in [0, 0.05) is 20.1 Å². The van der Waals surface area contributed by atoms with Crippen LogP contribution in [0.1, 0.15) is 29.2 Å². The molecule has 1 aromatic carbocycles. The molecule has 1 aliphatic rings. The zero-order valence-electron chi connectivity index (χ0n) is 10.9. The maximum atomic E-state index is 11.8. The van der Waals surface area contributed by atoms with Crippen molar-refractivity contribution in [3.8, 4) is 0 Å². The van der Waals surface area contributed by atoms with Gasteiger partial charge < -0.3 is 5.73 Å². The molecule has 2 N–H and O–H groups in total. The fraction of sp³-hybridized carbons (Fsp3) is 0.538. The van der Waals surface area contributed by atoms with E-state index in [9.17, 15) is 8.42 Å². The van der Waals surface area contributed by atoms with Gasteiger partial charge in [-0.15, -0.1) is 0 Å². The zero-order chi connectivity index (χ0) is 13.3. The molecule has 1 unspecified atom stereocenters. The third-order valence-corrected chi connectivity index (χ3v) is 5.39. The van der Waals surface area contributed by atoms with Crippen molar-refractivity contribution < 1.29 is 8.42 Å². The summed E-state index contributed by atoms with van der Waals surface area (Å²) in [5.41, 5.74) is 9.63. The van der Waals surface area contributed by atoms with Crippen LogP contribution >= 0.6 is 0 Å². The van der Waals surface area contributed by atoms with Crippen molar-refractivity contribution >= 4 is 10.0 Å². The summed E-state index contributed by atoms with van der Waals surface area (Å²) in [6.07, 6.45) is 3.39. The van der Waals surface area contributed by atoms with Crippen molar-refractivity contribution in [1.82, 2.24) is 4.31 Å². The lowest BCUT2D eigenvalue weighted by molar-refractivity contribution is 0.515. The van der Waals surface area contributed by atoms with Gasteiger partial charge in [0.05, 0.1) is 5.75 Å². The number of aryl methyl sites for hydroxylation is 2. The number of rotatable bonds is 4. The Kier molecular flexibility index (Phi) is 3.75. The monoisotopic (exact) mass is 268 g/mol. The van der Waals surface area contributed by atoms with Crippen molar-refractivity contribution in [3.63, 3.8) is 0 Å². The lowest BCUT2D eigenvalue weighted by Gasteiger charge is -2.17. The average Bonchev–Trinajstić information content (AvgIpc) is 2.74. The van der Waals surface area contributed by atoms with Crippen LogP contribution in [0.2, 0.25) is 0 Å². The van der Waals surface area contributed by atoms with E-state index in [2.05, 4.69) is 12.1 Å². The van der Waals surface area contributed by atoms with Crippen LogP contribution in [0.25, 0.3) is 0 Å². The van der Waals surface area contributed by atoms with Crippen molar-refractivity contribution in [3.05, 3.63) is 34.9 Å². The summed E-state index contributed by atoms with van der Waals surface area (Å²) in [7, 11) is -0.186. The molecule has 0 aromatic heterocycles. The summed E-state index contributed by atoms with van der Waals surface area (Å²) in [6, 6.07) is 5.65. The Labute approximate surface area is 109 Å². The smallest absolute Gasteiger partial charge is 0.215 e. The maximum Gasteiger partial charge on any atom is 0.215 e. The standard InChI is InChI=1S/C13H20N2O2S/c1-15(2)18(16,17)9-13(14)12-7-6-10-4-3-5-11(10)8-12/h6-8,13H,3-5,9,14H2,1-2H3. The molecule has 0 spiro atoms. The van der Waals surface area contributed by atoms with E-state index >= 15 is 0 Å². The molecule has 1 aromatic rings. The second-order valence-corrected chi connectivity index (χ2v) is 7.28. The molecule has 2 rings (SSSR count). The first kappa shape index (κ1) is 13.5. The van der Waals surface area contributed by atoms with Crippen LogP contribution in [0.15, 0.2) is 18.2 Å². The molecule has 0 saturated carbocycles. The highest BCUT2D eigenvalue weighted by Gasteiger charge is 2.21. The number of hydrogen-bond donors (Lipinski definition) is 1. The molecule has 100 valence electrons. The van der Waals surface area contributed by atoms with Gasteiger partial charge in [-0.05, 0) is 36.0 Å². The Morgan fingerprint density at radius 1 is 1.28 bits per heavy atom. The lowest BCUT2D eigenvalue weighted by atomic mass is 10.0. The Morgan fingerprint density at radius 2 is 1.94 bits per heavy atom. The third-order valence-electron chi connectivity index (χ3n) is 3.50. The predicted octanol–water partition coefficient (Wildman–Crippen LogP) is 1.07. The first-order chi connectivity index (χ1) is 8.40. The van der Waals surface area contributed by atoms with Gasteiger partial charge in [0.2, 0.25) is 10.0 Å². The fourth-order valence-corrected chi connectivity index (χ4v) is 3.24. The zero-order valence-corrected chi connectivity index (χ0v) is 11.7. The predicted molar refractivity (Wildman–Crippen MR) is 72.9 cm³/mol. The van der Waals surface area contributed by atoms with Crippen LogP contribution in [0.5, 0.6) is 0 Å². The van der Waals surface area contributed by atoms with E-state index in [1.165, 1.54) is 35.9 Å². The normalized spacial score (nSPS) is 16.9. The minimum Gasteiger partial charge on any atom is -0.323 e. The van der Waals surface area contributed by atoms with Crippen molar-refractivity contribution in [1.29, 1.82) is 0 Å². The van der Waals surface area contributed by atoms with Gasteiger partial charge in [0.25, 0.3) is 0 Å². The topological polar surface area (TPSA) is 63.4 Å². The number of sulfonamides is 1. The maximum absolute atomic E-state index is 11.8. The van der Waals surface area contributed by atoms with E-state index in [0.717, 1.165) is 18.4 Å². The molecule has 0 amide bonds. The van der Waals surface area contributed by atoms with Gasteiger partial charge in [-0.2, -0.15) is 0 Å². The summed E-state index contributed by atoms with van der Waals surface area (Å²) in [4.78, 5) is 0. The number of benzene rings is 1. The van der Waals surface area contributed by atoms with Gasteiger partial charge in [0.15, 0.2) is 0 Å². The minimum atomic E-state index is -3.25. The van der Waals surface area contributed by atoms with Crippen LogP contribution < -0.4 is 5.73 Å². The van der Waals surface area contributed by atoms with Crippen molar-refractivity contribution in [2.45, 2.75) is 25.3 Å². The summed E-state index contributed by atoms with van der Waals surface area (Å²) >= 11 is 0. The highest BCUT2D eigenvalue weighted by atomic mass is 32.2. The van der Waals surface area contributed by atoms with Crippen LogP contribution in [0.3, 0.4) is 0 Å².